The molecule has 0 saturated carbocycles. The van der Waals surface area contributed by atoms with Crippen molar-refractivity contribution in [2.45, 2.75) is 11.8 Å². The summed E-state index contributed by atoms with van der Waals surface area (Å²) in [7, 11) is -3.66. The molecule has 0 aromatic heterocycles. The van der Waals surface area contributed by atoms with Crippen molar-refractivity contribution in [3.8, 4) is 0 Å². The summed E-state index contributed by atoms with van der Waals surface area (Å²) in [6.07, 6.45) is 0. The Morgan fingerprint density at radius 2 is 1.83 bits per heavy atom. The molecular weight excluding hydrogens is 336 g/mol. The summed E-state index contributed by atoms with van der Waals surface area (Å²) in [6, 6.07) is 15.1. The fraction of sp³-hybridized carbons (Fsp3) is 0.188. The third kappa shape index (κ3) is 4.79. The Bertz CT molecular complexity index is 779. The molecule has 0 aliphatic heterocycles. The lowest BCUT2D eigenvalue weighted by molar-refractivity contribution is -0.116. The molecule has 7 heteroatoms. The van der Waals surface area contributed by atoms with Gasteiger partial charge in [0, 0.05) is 30.7 Å². The highest BCUT2D eigenvalue weighted by Crippen LogP contribution is 2.16. The number of benzene rings is 2. The van der Waals surface area contributed by atoms with Crippen LogP contribution in [-0.4, -0.2) is 27.4 Å². The Labute approximate surface area is 140 Å². The average molecular weight is 353 g/mol. The van der Waals surface area contributed by atoms with Crippen LogP contribution in [0.25, 0.3) is 0 Å². The number of carbonyl (C=O) groups is 1. The van der Waals surface area contributed by atoms with Crippen LogP contribution in [0.4, 0.5) is 5.69 Å². The van der Waals surface area contributed by atoms with Crippen LogP contribution in [0.2, 0.25) is 5.02 Å². The maximum absolute atomic E-state index is 12.2. The average Bonchev–Trinajstić information content (AvgIpc) is 2.52. The largest absolute Gasteiger partial charge is 0.311 e. The number of para-hydroxylation sites is 1. The molecule has 5 nitrogen and oxygen atoms in total. The van der Waals surface area contributed by atoms with Gasteiger partial charge in [0.25, 0.3) is 0 Å². The van der Waals surface area contributed by atoms with Crippen LogP contribution in [0.5, 0.6) is 0 Å². The Morgan fingerprint density at radius 1 is 1.13 bits per heavy atom. The highest BCUT2D eigenvalue weighted by atomic mass is 35.5. The molecular formula is C16H17ClN2O3S. The minimum absolute atomic E-state index is 0.0964. The van der Waals surface area contributed by atoms with Gasteiger partial charge in [-0.2, -0.15) is 0 Å². The highest BCUT2D eigenvalue weighted by Gasteiger charge is 2.16. The van der Waals surface area contributed by atoms with E-state index >= 15 is 0 Å². The molecule has 1 amide bonds. The normalized spacial score (nSPS) is 11.2. The molecule has 0 radical (unpaired) electrons. The molecule has 122 valence electrons. The number of nitrogens with zero attached hydrogens (tertiary/aromatic N) is 1. The third-order valence-electron chi connectivity index (χ3n) is 3.18. The number of halogens is 1. The molecule has 0 aliphatic rings. The molecule has 0 aliphatic carbocycles. The van der Waals surface area contributed by atoms with Gasteiger partial charge in [0.05, 0.1) is 4.90 Å². The Hall–Kier alpha value is -1.89. The van der Waals surface area contributed by atoms with E-state index in [0.717, 1.165) is 5.69 Å². The lowest BCUT2D eigenvalue weighted by Gasteiger charge is -2.21. The van der Waals surface area contributed by atoms with Crippen molar-refractivity contribution in [3.63, 3.8) is 0 Å². The SMILES string of the molecule is CC(=O)N(CCNS(=O)(=O)c1cccc(Cl)c1)c1ccccc1. The smallest absolute Gasteiger partial charge is 0.240 e. The molecule has 0 bridgehead atoms. The summed E-state index contributed by atoms with van der Waals surface area (Å²) >= 11 is 5.81. The number of hydrogen-bond acceptors (Lipinski definition) is 3. The molecule has 0 unspecified atom stereocenters. The Morgan fingerprint density at radius 3 is 2.43 bits per heavy atom. The first kappa shape index (κ1) is 17.5. The van der Waals surface area contributed by atoms with Crippen molar-refractivity contribution in [1.29, 1.82) is 0 Å². The predicted octanol–water partition coefficient (Wildman–Crippen LogP) is 2.67. The molecule has 0 atom stereocenters. The van der Waals surface area contributed by atoms with Crippen LogP contribution in [-0.2, 0) is 14.8 Å². The molecule has 0 heterocycles. The standard InChI is InChI=1S/C16H17ClN2O3S/c1-13(20)19(15-7-3-2-4-8-15)11-10-18-23(21,22)16-9-5-6-14(17)12-16/h2-9,12,18H,10-11H2,1H3. The number of sulfonamides is 1. The van der Waals surface area contributed by atoms with Gasteiger partial charge < -0.3 is 4.90 Å². The molecule has 0 fully saturated rings. The topological polar surface area (TPSA) is 66.5 Å². The maximum Gasteiger partial charge on any atom is 0.240 e. The molecule has 1 N–H and O–H groups in total. The zero-order chi connectivity index (χ0) is 16.9. The van der Waals surface area contributed by atoms with Crippen molar-refractivity contribution >= 4 is 33.2 Å². The van der Waals surface area contributed by atoms with E-state index in [2.05, 4.69) is 4.72 Å². The molecule has 2 aromatic carbocycles. The van der Waals surface area contributed by atoms with Crippen LogP contribution in [0.1, 0.15) is 6.92 Å². The summed E-state index contributed by atoms with van der Waals surface area (Å²) in [6.45, 7) is 1.78. The van der Waals surface area contributed by atoms with Crippen LogP contribution >= 0.6 is 11.6 Å². The molecule has 23 heavy (non-hydrogen) atoms. The van der Waals surface area contributed by atoms with E-state index in [1.165, 1.54) is 24.0 Å². The summed E-state index contributed by atoms with van der Waals surface area (Å²) in [5, 5.41) is 0.350. The highest BCUT2D eigenvalue weighted by molar-refractivity contribution is 7.89. The summed E-state index contributed by atoms with van der Waals surface area (Å²) < 4.78 is 26.9. The lowest BCUT2D eigenvalue weighted by Crippen LogP contribution is -2.37. The van der Waals surface area contributed by atoms with Gasteiger partial charge in [0.1, 0.15) is 0 Å². The van der Waals surface area contributed by atoms with Gasteiger partial charge >= 0.3 is 0 Å². The third-order valence-corrected chi connectivity index (χ3v) is 4.88. The van der Waals surface area contributed by atoms with Gasteiger partial charge in [-0.05, 0) is 30.3 Å². The zero-order valence-corrected chi connectivity index (χ0v) is 14.1. The van der Waals surface area contributed by atoms with Crippen LogP contribution < -0.4 is 9.62 Å². The van der Waals surface area contributed by atoms with E-state index in [0.29, 0.717) is 5.02 Å². The second kappa shape index (κ2) is 7.59. The van der Waals surface area contributed by atoms with E-state index in [9.17, 15) is 13.2 Å². The minimum Gasteiger partial charge on any atom is -0.311 e. The fourth-order valence-corrected chi connectivity index (χ4v) is 3.41. The second-order valence-corrected chi connectivity index (χ2v) is 7.06. The first-order valence-electron chi connectivity index (χ1n) is 6.98. The summed E-state index contributed by atoms with van der Waals surface area (Å²) in [5.74, 6) is -0.154. The van der Waals surface area contributed by atoms with E-state index < -0.39 is 10.0 Å². The van der Waals surface area contributed by atoms with E-state index in [1.807, 2.05) is 18.2 Å². The number of nitrogens with one attached hydrogen (secondary N) is 1. The lowest BCUT2D eigenvalue weighted by atomic mass is 10.3. The van der Waals surface area contributed by atoms with Crippen LogP contribution in [0, 0.1) is 0 Å². The van der Waals surface area contributed by atoms with Gasteiger partial charge in [0.2, 0.25) is 15.9 Å². The van der Waals surface area contributed by atoms with Crippen LogP contribution in [0.3, 0.4) is 0 Å². The molecule has 0 saturated heterocycles. The second-order valence-electron chi connectivity index (χ2n) is 4.86. The van der Waals surface area contributed by atoms with Crippen molar-refractivity contribution < 1.29 is 13.2 Å². The molecule has 2 rings (SSSR count). The van der Waals surface area contributed by atoms with E-state index in [1.54, 1.807) is 24.3 Å². The van der Waals surface area contributed by atoms with Gasteiger partial charge in [-0.25, -0.2) is 13.1 Å². The van der Waals surface area contributed by atoms with Crippen molar-refractivity contribution in [3.05, 3.63) is 59.6 Å². The Balaban J connectivity index is 2.04. The minimum atomic E-state index is -3.66. The quantitative estimate of drug-likeness (QED) is 0.869. The summed E-state index contributed by atoms with van der Waals surface area (Å²) in [5.41, 5.74) is 0.724. The van der Waals surface area contributed by atoms with Gasteiger partial charge in [-0.1, -0.05) is 35.9 Å². The first-order valence-corrected chi connectivity index (χ1v) is 8.84. The number of hydrogen-bond donors (Lipinski definition) is 1. The molecule has 2 aromatic rings. The number of carbonyl (C=O) groups excluding carboxylic acids is 1. The Kier molecular flexibility index (Phi) is 5.76. The van der Waals surface area contributed by atoms with E-state index in [4.69, 9.17) is 11.6 Å². The monoisotopic (exact) mass is 352 g/mol. The van der Waals surface area contributed by atoms with Crippen LogP contribution in [0.15, 0.2) is 59.5 Å². The van der Waals surface area contributed by atoms with Gasteiger partial charge in [0.15, 0.2) is 0 Å². The van der Waals surface area contributed by atoms with Gasteiger partial charge in [-0.3, -0.25) is 4.79 Å². The number of anilines is 1. The van der Waals surface area contributed by atoms with Crippen molar-refractivity contribution in [2.75, 3.05) is 18.0 Å². The fourth-order valence-electron chi connectivity index (χ4n) is 2.09. The predicted molar refractivity (Wildman–Crippen MR) is 91.1 cm³/mol. The maximum atomic E-state index is 12.2. The number of amides is 1. The van der Waals surface area contributed by atoms with E-state index in [-0.39, 0.29) is 23.9 Å². The van der Waals surface area contributed by atoms with Crippen molar-refractivity contribution in [1.82, 2.24) is 4.72 Å². The summed E-state index contributed by atoms with van der Waals surface area (Å²) in [4.78, 5) is 13.4. The first-order chi connectivity index (χ1) is 10.9. The number of rotatable bonds is 6. The van der Waals surface area contributed by atoms with Crippen molar-refractivity contribution in [2.24, 2.45) is 0 Å². The zero-order valence-electron chi connectivity index (χ0n) is 12.6. The molecule has 0 spiro atoms. The van der Waals surface area contributed by atoms with Gasteiger partial charge in [-0.15, -0.1) is 0 Å².